The average molecular weight is 283 g/mol. The highest BCUT2D eigenvalue weighted by Gasteiger charge is 2.10. The van der Waals surface area contributed by atoms with Gasteiger partial charge in [-0.1, -0.05) is 43.3 Å². The highest BCUT2D eigenvalue weighted by atomic mass is 16.3. The molecule has 2 aromatic rings. The Morgan fingerprint density at radius 1 is 0.905 bits per heavy atom. The number of aryl methyl sites for hydroxylation is 1. The first-order valence-electron chi connectivity index (χ1n) is 7.71. The lowest BCUT2D eigenvalue weighted by Gasteiger charge is -2.21. The zero-order valence-corrected chi connectivity index (χ0v) is 13.1. The molecule has 2 unspecified atom stereocenters. The summed E-state index contributed by atoms with van der Waals surface area (Å²) in [6.45, 7) is 6.58. The van der Waals surface area contributed by atoms with Crippen LogP contribution in [0.5, 0.6) is 5.75 Å². The third-order valence-corrected chi connectivity index (χ3v) is 3.90. The van der Waals surface area contributed by atoms with Gasteiger partial charge in [0.25, 0.3) is 0 Å². The summed E-state index contributed by atoms with van der Waals surface area (Å²) in [4.78, 5) is 0. The minimum absolute atomic E-state index is 0.323. The van der Waals surface area contributed by atoms with Gasteiger partial charge in [-0.2, -0.15) is 0 Å². The predicted molar refractivity (Wildman–Crippen MR) is 88.6 cm³/mol. The smallest absolute Gasteiger partial charge is 0.115 e. The average Bonchev–Trinajstić information content (AvgIpc) is 2.49. The number of phenolic OH excluding ortho intramolecular Hbond substituents is 1. The topological polar surface area (TPSA) is 32.3 Å². The van der Waals surface area contributed by atoms with Crippen LogP contribution in [0.2, 0.25) is 0 Å². The van der Waals surface area contributed by atoms with E-state index in [0.29, 0.717) is 17.8 Å². The molecule has 0 saturated carbocycles. The molecule has 0 aliphatic heterocycles. The van der Waals surface area contributed by atoms with E-state index in [0.717, 1.165) is 12.8 Å². The summed E-state index contributed by atoms with van der Waals surface area (Å²) in [5.74, 6) is 0.323. The maximum Gasteiger partial charge on any atom is 0.115 e. The minimum Gasteiger partial charge on any atom is -0.508 e. The Bertz CT molecular complexity index is 545. The maximum atomic E-state index is 9.31. The summed E-state index contributed by atoms with van der Waals surface area (Å²) in [6.07, 6.45) is 2.04. The number of hydrogen-bond donors (Lipinski definition) is 2. The van der Waals surface area contributed by atoms with Crippen LogP contribution < -0.4 is 5.32 Å². The van der Waals surface area contributed by atoms with Crippen LogP contribution in [0.4, 0.5) is 0 Å². The first-order chi connectivity index (χ1) is 10.1. The summed E-state index contributed by atoms with van der Waals surface area (Å²) >= 11 is 0. The van der Waals surface area contributed by atoms with Gasteiger partial charge in [0.2, 0.25) is 0 Å². The van der Waals surface area contributed by atoms with Crippen molar-refractivity contribution in [1.29, 1.82) is 0 Å². The van der Waals surface area contributed by atoms with Crippen molar-refractivity contribution in [1.82, 2.24) is 5.32 Å². The largest absolute Gasteiger partial charge is 0.508 e. The van der Waals surface area contributed by atoms with Gasteiger partial charge in [0.05, 0.1) is 0 Å². The SMILES string of the molecule is CCc1ccc(C(C)NC(C)Cc2ccc(O)cc2)cc1. The molecule has 2 atom stereocenters. The van der Waals surface area contributed by atoms with Gasteiger partial charge in [0, 0.05) is 12.1 Å². The molecule has 21 heavy (non-hydrogen) atoms. The second-order valence-electron chi connectivity index (χ2n) is 5.76. The van der Waals surface area contributed by atoms with E-state index >= 15 is 0 Å². The van der Waals surface area contributed by atoms with Crippen LogP contribution in [-0.4, -0.2) is 11.1 Å². The summed E-state index contributed by atoms with van der Waals surface area (Å²) in [7, 11) is 0. The zero-order chi connectivity index (χ0) is 15.2. The van der Waals surface area contributed by atoms with Crippen molar-refractivity contribution in [3.05, 3.63) is 65.2 Å². The zero-order valence-electron chi connectivity index (χ0n) is 13.1. The van der Waals surface area contributed by atoms with Crippen LogP contribution in [0.15, 0.2) is 48.5 Å². The molecule has 0 amide bonds. The van der Waals surface area contributed by atoms with Crippen LogP contribution in [0.25, 0.3) is 0 Å². The van der Waals surface area contributed by atoms with Crippen LogP contribution in [-0.2, 0) is 12.8 Å². The van der Waals surface area contributed by atoms with Crippen molar-refractivity contribution in [3.63, 3.8) is 0 Å². The second-order valence-corrected chi connectivity index (χ2v) is 5.76. The lowest BCUT2D eigenvalue weighted by Crippen LogP contribution is -2.30. The van der Waals surface area contributed by atoms with Gasteiger partial charge in [-0.05, 0) is 55.5 Å². The number of hydrogen-bond acceptors (Lipinski definition) is 2. The molecule has 0 heterocycles. The van der Waals surface area contributed by atoms with Crippen LogP contribution in [0, 0.1) is 0 Å². The maximum absolute atomic E-state index is 9.31. The fraction of sp³-hybridized carbons (Fsp3) is 0.368. The highest BCUT2D eigenvalue weighted by molar-refractivity contribution is 5.27. The first kappa shape index (κ1) is 15.6. The Morgan fingerprint density at radius 2 is 1.48 bits per heavy atom. The molecule has 0 bridgehead atoms. The van der Waals surface area contributed by atoms with Crippen molar-refractivity contribution in [3.8, 4) is 5.75 Å². The summed E-state index contributed by atoms with van der Waals surface area (Å²) in [5.41, 5.74) is 3.94. The quantitative estimate of drug-likeness (QED) is 0.831. The van der Waals surface area contributed by atoms with E-state index in [-0.39, 0.29) is 0 Å². The number of aromatic hydroxyl groups is 1. The number of nitrogens with one attached hydrogen (secondary N) is 1. The number of benzene rings is 2. The van der Waals surface area contributed by atoms with E-state index in [4.69, 9.17) is 0 Å². The van der Waals surface area contributed by atoms with Crippen molar-refractivity contribution in [2.24, 2.45) is 0 Å². The van der Waals surface area contributed by atoms with Crippen LogP contribution >= 0.6 is 0 Å². The van der Waals surface area contributed by atoms with E-state index in [1.54, 1.807) is 12.1 Å². The van der Waals surface area contributed by atoms with Gasteiger partial charge < -0.3 is 10.4 Å². The fourth-order valence-electron chi connectivity index (χ4n) is 2.61. The van der Waals surface area contributed by atoms with E-state index in [9.17, 15) is 5.11 Å². The van der Waals surface area contributed by atoms with Crippen LogP contribution in [0.1, 0.15) is 43.5 Å². The fourth-order valence-corrected chi connectivity index (χ4v) is 2.61. The standard InChI is InChI=1S/C19H25NO/c1-4-16-5-9-18(10-6-16)15(3)20-14(2)13-17-7-11-19(21)12-8-17/h5-12,14-15,20-21H,4,13H2,1-3H3. The van der Waals surface area contributed by atoms with Crippen molar-refractivity contribution >= 4 is 0 Å². The molecule has 0 radical (unpaired) electrons. The van der Waals surface area contributed by atoms with E-state index in [2.05, 4.69) is 50.4 Å². The minimum atomic E-state index is 0.323. The van der Waals surface area contributed by atoms with Gasteiger partial charge in [0.15, 0.2) is 0 Å². The molecular formula is C19H25NO. The lowest BCUT2D eigenvalue weighted by molar-refractivity contribution is 0.470. The lowest BCUT2D eigenvalue weighted by atomic mass is 10.0. The van der Waals surface area contributed by atoms with Crippen molar-refractivity contribution in [2.75, 3.05) is 0 Å². The van der Waals surface area contributed by atoms with Gasteiger partial charge in [-0.25, -0.2) is 0 Å². The molecule has 0 spiro atoms. The molecule has 2 N–H and O–H groups in total. The highest BCUT2D eigenvalue weighted by Crippen LogP contribution is 2.16. The number of phenols is 1. The molecule has 0 saturated heterocycles. The molecule has 2 aromatic carbocycles. The second kappa shape index (κ2) is 7.28. The van der Waals surface area contributed by atoms with Crippen molar-refractivity contribution in [2.45, 2.75) is 45.7 Å². The Morgan fingerprint density at radius 3 is 2.05 bits per heavy atom. The first-order valence-corrected chi connectivity index (χ1v) is 7.71. The Balaban J connectivity index is 1.91. The van der Waals surface area contributed by atoms with E-state index < -0.39 is 0 Å². The summed E-state index contributed by atoms with van der Waals surface area (Å²) in [5, 5.41) is 12.9. The Labute approximate surface area is 127 Å². The molecule has 0 aliphatic rings. The van der Waals surface area contributed by atoms with Gasteiger partial charge in [0.1, 0.15) is 5.75 Å². The number of rotatable bonds is 6. The molecule has 0 fully saturated rings. The summed E-state index contributed by atoms with van der Waals surface area (Å²) in [6, 6.07) is 17.0. The monoisotopic (exact) mass is 283 g/mol. The van der Waals surface area contributed by atoms with Gasteiger partial charge in [-0.3, -0.25) is 0 Å². The van der Waals surface area contributed by atoms with Crippen LogP contribution in [0.3, 0.4) is 0 Å². The predicted octanol–water partition coefficient (Wildman–Crippen LogP) is 4.24. The Hall–Kier alpha value is -1.80. The molecule has 112 valence electrons. The summed E-state index contributed by atoms with van der Waals surface area (Å²) < 4.78 is 0. The third kappa shape index (κ3) is 4.61. The molecular weight excluding hydrogens is 258 g/mol. The molecule has 2 heteroatoms. The third-order valence-electron chi connectivity index (χ3n) is 3.90. The van der Waals surface area contributed by atoms with E-state index in [1.807, 2.05) is 12.1 Å². The van der Waals surface area contributed by atoms with Gasteiger partial charge in [-0.15, -0.1) is 0 Å². The van der Waals surface area contributed by atoms with E-state index in [1.165, 1.54) is 16.7 Å². The molecule has 0 aliphatic carbocycles. The molecule has 2 nitrogen and oxygen atoms in total. The normalized spacial score (nSPS) is 13.9. The van der Waals surface area contributed by atoms with Gasteiger partial charge >= 0.3 is 0 Å². The van der Waals surface area contributed by atoms with Crippen molar-refractivity contribution < 1.29 is 5.11 Å². The Kier molecular flexibility index (Phi) is 5.40. The molecule has 2 rings (SSSR count). The molecule has 0 aromatic heterocycles.